The fourth-order valence-corrected chi connectivity index (χ4v) is 2.04. The van der Waals surface area contributed by atoms with E-state index >= 15 is 0 Å². The third kappa shape index (κ3) is 2.39. The van der Waals surface area contributed by atoms with Gasteiger partial charge in [-0.25, -0.2) is 0 Å². The Kier molecular flexibility index (Phi) is 3.19. The van der Waals surface area contributed by atoms with Crippen LogP contribution in [0.25, 0.3) is 10.9 Å². The highest BCUT2D eigenvalue weighted by Gasteiger charge is 2.03. The number of carboxylic acids is 1. The lowest BCUT2D eigenvalue weighted by molar-refractivity contribution is -0.136. The first-order valence-electron chi connectivity index (χ1n) is 4.92. The Bertz CT molecular complexity index is 540. The van der Waals surface area contributed by atoms with Crippen LogP contribution in [0.5, 0.6) is 0 Å². The van der Waals surface area contributed by atoms with Gasteiger partial charge in [-0.3, -0.25) is 9.78 Å². The molecule has 0 bridgehead atoms. The van der Waals surface area contributed by atoms with E-state index in [1.54, 1.807) is 6.20 Å². The third-order valence-electron chi connectivity index (χ3n) is 2.35. The first-order chi connectivity index (χ1) is 7.66. The van der Waals surface area contributed by atoms with Gasteiger partial charge in [-0.15, -0.1) is 0 Å². The molecule has 2 rings (SSSR count). The number of aromatic nitrogens is 1. The van der Waals surface area contributed by atoms with Crippen molar-refractivity contribution in [2.45, 2.75) is 12.8 Å². The van der Waals surface area contributed by atoms with Gasteiger partial charge in [0.1, 0.15) is 0 Å². The molecule has 82 valence electrons. The smallest absolute Gasteiger partial charge is 0.303 e. The van der Waals surface area contributed by atoms with Crippen molar-refractivity contribution >= 4 is 32.8 Å². The van der Waals surface area contributed by atoms with Crippen molar-refractivity contribution in [2.75, 3.05) is 0 Å². The fourth-order valence-electron chi connectivity index (χ4n) is 1.56. The number of pyridine rings is 1. The van der Waals surface area contributed by atoms with E-state index in [0.717, 1.165) is 20.9 Å². The van der Waals surface area contributed by atoms with Gasteiger partial charge in [-0.1, -0.05) is 12.1 Å². The van der Waals surface area contributed by atoms with Crippen molar-refractivity contribution in [1.29, 1.82) is 0 Å². The molecule has 0 atom stereocenters. The first kappa shape index (κ1) is 11.1. The van der Waals surface area contributed by atoms with Crippen molar-refractivity contribution in [3.8, 4) is 0 Å². The van der Waals surface area contributed by atoms with E-state index in [1.807, 2.05) is 24.3 Å². The number of hydrogen-bond donors (Lipinski definition) is 1. The van der Waals surface area contributed by atoms with Crippen LogP contribution >= 0.6 is 15.9 Å². The predicted octanol–water partition coefficient (Wildman–Crippen LogP) is 3.01. The second-order valence-corrected chi connectivity index (χ2v) is 4.40. The highest BCUT2D eigenvalue weighted by Crippen LogP contribution is 2.22. The summed E-state index contributed by atoms with van der Waals surface area (Å²) in [7, 11) is 0. The molecule has 0 radical (unpaired) electrons. The Labute approximate surface area is 101 Å². The highest BCUT2D eigenvalue weighted by molar-refractivity contribution is 9.10. The average molecular weight is 280 g/mol. The molecule has 3 nitrogen and oxygen atoms in total. The van der Waals surface area contributed by atoms with Crippen LogP contribution in [0.1, 0.15) is 12.0 Å². The summed E-state index contributed by atoms with van der Waals surface area (Å²) in [5, 5.41) is 9.63. The molecule has 1 aromatic carbocycles. The summed E-state index contributed by atoms with van der Waals surface area (Å²) in [6.07, 6.45) is 2.39. The molecule has 0 spiro atoms. The summed E-state index contributed by atoms with van der Waals surface area (Å²) in [5.74, 6) is -0.783. The number of fused-ring (bicyclic) bond motifs is 1. The molecule has 0 aliphatic rings. The molecule has 1 aromatic heterocycles. The Morgan fingerprint density at radius 1 is 1.44 bits per heavy atom. The summed E-state index contributed by atoms with van der Waals surface area (Å²) in [4.78, 5) is 14.8. The lowest BCUT2D eigenvalue weighted by Crippen LogP contribution is -1.97. The Morgan fingerprint density at radius 2 is 2.25 bits per heavy atom. The number of nitrogens with zero attached hydrogens (tertiary/aromatic N) is 1. The Balaban J connectivity index is 2.33. The van der Waals surface area contributed by atoms with Gasteiger partial charge in [0, 0.05) is 22.5 Å². The van der Waals surface area contributed by atoms with E-state index in [0.29, 0.717) is 6.42 Å². The van der Waals surface area contributed by atoms with Gasteiger partial charge >= 0.3 is 5.97 Å². The van der Waals surface area contributed by atoms with Crippen molar-refractivity contribution < 1.29 is 9.90 Å². The minimum Gasteiger partial charge on any atom is -0.481 e. The van der Waals surface area contributed by atoms with Crippen LogP contribution < -0.4 is 0 Å². The topological polar surface area (TPSA) is 50.2 Å². The van der Waals surface area contributed by atoms with Gasteiger partial charge in [0.05, 0.1) is 5.52 Å². The van der Waals surface area contributed by atoms with Crippen LogP contribution in [0, 0.1) is 0 Å². The maximum Gasteiger partial charge on any atom is 0.303 e. The number of hydrogen-bond acceptors (Lipinski definition) is 2. The van der Waals surface area contributed by atoms with Gasteiger partial charge in [0.2, 0.25) is 0 Å². The number of rotatable bonds is 3. The van der Waals surface area contributed by atoms with E-state index in [1.165, 1.54) is 0 Å². The SMILES string of the molecule is O=C(O)CCc1cnc2c(Br)cccc2c1. The molecule has 1 N–H and O–H groups in total. The van der Waals surface area contributed by atoms with Crippen LogP contribution in [0.3, 0.4) is 0 Å². The quantitative estimate of drug-likeness (QED) is 0.940. The van der Waals surface area contributed by atoms with Crippen LogP contribution in [0.2, 0.25) is 0 Å². The molecule has 1 heterocycles. The summed E-state index contributed by atoms with van der Waals surface area (Å²) >= 11 is 3.43. The van der Waals surface area contributed by atoms with Gasteiger partial charge in [-0.05, 0) is 40.0 Å². The molecule has 16 heavy (non-hydrogen) atoms. The predicted molar refractivity (Wildman–Crippen MR) is 65.4 cm³/mol. The fraction of sp³-hybridized carbons (Fsp3) is 0.167. The molecule has 0 saturated heterocycles. The van der Waals surface area contributed by atoms with Crippen molar-refractivity contribution in [1.82, 2.24) is 4.98 Å². The summed E-state index contributed by atoms with van der Waals surface area (Å²) in [6.45, 7) is 0. The maximum atomic E-state index is 10.5. The molecule has 0 saturated carbocycles. The molecule has 0 aliphatic carbocycles. The van der Waals surface area contributed by atoms with Gasteiger partial charge < -0.3 is 5.11 Å². The minimum atomic E-state index is -0.783. The normalized spacial score (nSPS) is 10.6. The molecule has 0 amide bonds. The number of carboxylic acid groups (broad SMARTS) is 1. The number of para-hydroxylation sites is 1. The first-order valence-corrected chi connectivity index (χ1v) is 5.71. The van der Waals surface area contributed by atoms with Gasteiger partial charge in [0.15, 0.2) is 0 Å². The highest BCUT2D eigenvalue weighted by atomic mass is 79.9. The molecular formula is C12H10BrNO2. The molecule has 0 aliphatic heterocycles. The van der Waals surface area contributed by atoms with E-state index in [4.69, 9.17) is 5.11 Å². The van der Waals surface area contributed by atoms with E-state index in [9.17, 15) is 4.79 Å². The molecule has 4 heteroatoms. The number of aryl methyl sites for hydroxylation is 1. The lowest BCUT2D eigenvalue weighted by atomic mass is 10.1. The zero-order valence-corrected chi connectivity index (χ0v) is 10.1. The molecule has 2 aromatic rings. The third-order valence-corrected chi connectivity index (χ3v) is 2.99. The second kappa shape index (κ2) is 4.61. The van der Waals surface area contributed by atoms with Crippen molar-refractivity contribution in [3.63, 3.8) is 0 Å². The zero-order chi connectivity index (χ0) is 11.5. The van der Waals surface area contributed by atoms with Gasteiger partial charge in [-0.2, -0.15) is 0 Å². The number of halogens is 1. The zero-order valence-electron chi connectivity index (χ0n) is 8.48. The minimum absolute atomic E-state index is 0.140. The number of carbonyl (C=O) groups is 1. The molecule has 0 fully saturated rings. The lowest BCUT2D eigenvalue weighted by Gasteiger charge is -2.02. The largest absolute Gasteiger partial charge is 0.481 e. The van der Waals surface area contributed by atoms with Crippen molar-refractivity contribution in [2.24, 2.45) is 0 Å². The van der Waals surface area contributed by atoms with E-state index in [2.05, 4.69) is 20.9 Å². The standard InChI is InChI=1S/C12H10BrNO2/c13-10-3-1-2-9-6-8(4-5-11(15)16)7-14-12(9)10/h1-3,6-7H,4-5H2,(H,15,16). The summed E-state index contributed by atoms with van der Waals surface area (Å²) in [6, 6.07) is 7.83. The second-order valence-electron chi connectivity index (χ2n) is 3.55. The average Bonchev–Trinajstić information content (AvgIpc) is 2.26. The van der Waals surface area contributed by atoms with Crippen LogP contribution in [-0.4, -0.2) is 16.1 Å². The van der Waals surface area contributed by atoms with Crippen LogP contribution in [0.15, 0.2) is 34.9 Å². The number of aliphatic carboxylic acids is 1. The number of benzene rings is 1. The van der Waals surface area contributed by atoms with Gasteiger partial charge in [0.25, 0.3) is 0 Å². The molecule has 0 unspecified atom stereocenters. The molecular weight excluding hydrogens is 270 g/mol. The Morgan fingerprint density at radius 3 is 3.00 bits per heavy atom. The maximum absolute atomic E-state index is 10.5. The summed E-state index contributed by atoms with van der Waals surface area (Å²) < 4.78 is 0.954. The van der Waals surface area contributed by atoms with Crippen LogP contribution in [-0.2, 0) is 11.2 Å². The van der Waals surface area contributed by atoms with E-state index in [-0.39, 0.29) is 6.42 Å². The van der Waals surface area contributed by atoms with Crippen LogP contribution in [0.4, 0.5) is 0 Å². The van der Waals surface area contributed by atoms with E-state index < -0.39 is 5.97 Å². The Hall–Kier alpha value is -1.42. The van der Waals surface area contributed by atoms with Crippen molar-refractivity contribution in [3.05, 3.63) is 40.5 Å². The monoisotopic (exact) mass is 279 g/mol. The summed E-state index contributed by atoms with van der Waals surface area (Å²) in [5.41, 5.74) is 1.86.